The van der Waals surface area contributed by atoms with E-state index >= 15 is 0 Å². The number of non-ortho nitro benzene ring substituents is 1. The fourth-order valence-corrected chi connectivity index (χ4v) is 2.12. The second kappa shape index (κ2) is 10.7. The van der Waals surface area contributed by atoms with Crippen molar-refractivity contribution in [2.45, 2.75) is 6.92 Å². The molecule has 5 N–H and O–H groups in total. The first-order chi connectivity index (χ1) is 13.2. The minimum absolute atomic E-state index is 0.0166. The van der Waals surface area contributed by atoms with Gasteiger partial charge in [-0.1, -0.05) is 42.5 Å². The number of benzene rings is 2. The molecule has 0 spiro atoms. The zero-order valence-corrected chi connectivity index (χ0v) is 14.8. The van der Waals surface area contributed by atoms with Crippen molar-refractivity contribution in [3.05, 3.63) is 91.2 Å². The Morgan fingerprint density at radius 1 is 1.04 bits per heavy atom. The molecule has 0 amide bonds. The summed E-state index contributed by atoms with van der Waals surface area (Å²) in [5, 5.41) is 32.3. The van der Waals surface area contributed by atoms with Gasteiger partial charge in [-0.25, -0.2) is 0 Å². The van der Waals surface area contributed by atoms with Gasteiger partial charge in [0, 0.05) is 17.7 Å². The molecule has 2 aromatic carbocycles. The second-order valence-corrected chi connectivity index (χ2v) is 5.26. The van der Waals surface area contributed by atoms with Crippen LogP contribution in [0.2, 0.25) is 0 Å². The van der Waals surface area contributed by atoms with Gasteiger partial charge in [-0.05, 0) is 24.1 Å². The number of nitro groups is 1. The summed E-state index contributed by atoms with van der Waals surface area (Å²) >= 11 is 0. The molecule has 2 aromatic rings. The van der Waals surface area contributed by atoms with Crippen molar-refractivity contribution >= 4 is 29.0 Å². The number of allylic oxidation sites excluding steroid dienone is 1. The highest BCUT2D eigenvalue weighted by atomic mass is 16.9. The lowest BCUT2D eigenvalue weighted by Crippen LogP contribution is -2.72. The maximum atomic E-state index is 10.9. The Labute approximate surface area is 159 Å². The highest BCUT2D eigenvalue weighted by Gasteiger charge is 2.09. The fraction of sp³-hybridized carbons (Fsp3) is 0.0588. The van der Waals surface area contributed by atoms with E-state index in [4.69, 9.17) is 26.8 Å². The third-order valence-electron chi connectivity index (χ3n) is 3.22. The summed E-state index contributed by atoms with van der Waals surface area (Å²) < 4.78 is 0. The molecular formula is C17H18N6O5. The van der Waals surface area contributed by atoms with Crippen molar-refractivity contribution in [3.63, 3.8) is 0 Å². The van der Waals surface area contributed by atoms with Gasteiger partial charge in [0.25, 0.3) is 5.69 Å². The molecule has 0 aliphatic heterocycles. The van der Waals surface area contributed by atoms with Crippen LogP contribution in [-0.4, -0.2) is 21.7 Å². The average molecular weight is 386 g/mol. The largest absolute Gasteiger partial charge is 0.362 e. The van der Waals surface area contributed by atoms with Gasteiger partial charge in [-0.3, -0.25) is 21.6 Å². The van der Waals surface area contributed by atoms with Crippen LogP contribution < -0.4 is 16.6 Å². The van der Waals surface area contributed by atoms with E-state index in [9.17, 15) is 10.1 Å². The van der Waals surface area contributed by atoms with Gasteiger partial charge in [-0.15, -0.1) is 5.10 Å². The summed E-state index contributed by atoms with van der Waals surface area (Å²) in [4.78, 5) is 18.8. The Morgan fingerprint density at radius 3 is 2.18 bits per heavy atom. The molecule has 0 unspecified atom stereocenters. The molecule has 0 aromatic heterocycles. The number of hydrogen-bond acceptors (Lipinski definition) is 6. The van der Waals surface area contributed by atoms with Gasteiger partial charge < -0.3 is 15.3 Å². The highest BCUT2D eigenvalue weighted by Crippen LogP contribution is 2.22. The molecule has 0 fully saturated rings. The number of nitrogens with two attached hydrogens (primary N) is 2. The van der Waals surface area contributed by atoms with Crippen LogP contribution in [0.25, 0.3) is 11.6 Å². The molecule has 0 heterocycles. The fourth-order valence-electron chi connectivity index (χ4n) is 2.12. The van der Waals surface area contributed by atoms with Crippen molar-refractivity contribution < 1.29 is 15.1 Å². The number of guanidine groups is 1. The second-order valence-electron chi connectivity index (χ2n) is 5.26. The van der Waals surface area contributed by atoms with E-state index in [-0.39, 0.29) is 11.6 Å². The predicted molar refractivity (Wildman–Crippen MR) is 105 cm³/mol. The normalized spacial score (nSPS) is 11.0. The van der Waals surface area contributed by atoms with Crippen LogP contribution in [0, 0.1) is 25.4 Å². The first kappa shape index (κ1) is 21.8. The first-order valence-corrected chi connectivity index (χ1v) is 7.72. The molecule has 0 saturated carbocycles. The number of hydrazone groups is 1. The zero-order valence-electron chi connectivity index (χ0n) is 14.8. The lowest BCUT2D eigenvalue weighted by molar-refractivity contribution is -0.464. The number of rotatable bonds is 5. The molecule has 0 radical (unpaired) electrons. The van der Waals surface area contributed by atoms with E-state index in [1.165, 1.54) is 12.1 Å². The molecule has 0 atom stereocenters. The SMILES string of the molecule is CC(=N\[NH+]=C(N)N)/C(=C/c1cccc([N+](=O)[O-])c1)c1ccccc1.O=[N+]([O-])[O-]. The van der Waals surface area contributed by atoms with Gasteiger partial charge in [0.05, 0.1) is 15.7 Å². The lowest BCUT2D eigenvalue weighted by atomic mass is 9.99. The van der Waals surface area contributed by atoms with Crippen LogP contribution >= 0.6 is 0 Å². The van der Waals surface area contributed by atoms with Crippen LogP contribution in [0.3, 0.4) is 0 Å². The minimum atomic E-state index is -1.75. The maximum absolute atomic E-state index is 10.9. The number of hydrogen-bond donors (Lipinski definition) is 3. The third-order valence-corrected chi connectivity index (χ3v) is 3.22. The Bertz CT molecular complexity index is 917. The van der Waals surface area contributed by atoms with Gasteiger partial charge in [0.1, 0.15) is 0 Å². The van der Waals surface area contributed by atoms with Crippen molar-refractivity contribution in [1.29, 1.82) is 0 Å². The molecule has 0 aliphatic carbocycles. The monoisotopic (exact) mass is 386 g/mol. The Balaban J connectivity index is 0.000000892. The van der Waals surface area contributed by atoms with E-state index in [1.807, 2.05) is 36.4 Å². The van der Waals surface area contributed by atoms with Crippen LogP contribution in [0.1, 0.15) is 18.1 Å². The van der Waals surface area contributed by atoms with E-state index in [2.05, 4.69) is 10.2 Å². The summed E-state index contributed by atoms with van der Waals surface area (Å²) in [5.74, 6) is -0.0166. The number of nitrogens with one attached hydrogen (secondary N) is 1. The number of nitro benzene ring substituents is 1. The number of nitrogens with zero attached hydrogens (tertiary/aromatic N) is 3. The summed E-state index contributed by atoms with van der Waals surface area (Å²) in [5.41, 5.74) is 13.8. The van der Waals surface area contributed by atoms with Crippen LogP contribution in [-0.2, 0) is 0 Å². The van der Waals surface area contributed by atoms with E-state index in [0.29, 0.717) is 11.3 Å². The standard InChI is InChI=1S/C17H17N5O2.NO3/c1-12(20-21-17(18)19)16(14-7-3-2-4-8-14)11-13-6-5-9-15(10-13)22(23)24;2-1(3)4/h2-11H,1H3,(H4,18,19,21);/q;-1/p+1/b16-11-,20-12+;. The van der Waals surface area contributed by atoms with E-state index < -0.39 is 10.0 Å². The van der Waals surface area contributed by atoms with Gasteiger partial charge in [0.15, 0.2) is 0 Å². The van der Waals surface area contributed by atoms with Crippen molar-refractivity contribution in [2.75, 3.05) is 0 Å². The molecule has 28 heavy (non-hydrogen) atoms. The lowest BCUT2D eigenvalue weighted by Gasteiger charge is -2.07. The van der Waals surface area contributed by atoms with Crippen LogP contribution in [0.5, 0.6) is 0 Å². The summed E-state index contributed by atoms with van der Waals surface area (Å²) in [6, 6.07) is 16.0. The van der Waals surface area contributed by atoms with Crippen molar-refractivity contribution in [3.8, 4) is 0 Å². The highest BCUT2D eigenvalue weighted by molar-refractivity contribution is 6.26. The first-order valence-electron chi connectivity index (χ1n) is 7.72. The van der Waals surface area contributed by atoms with Gasteiger partial charge in [0.2, 0.25) is 0 Å². The van der Waals surface area contributed by atoms with Gasteiger partial charge >= 0.3 is 5.96 Å². The predicted octanol–water partition coefficient (Wildman–Crippen LogP) is 0.626. The summed E-state index contributed by atoms with van der Waals surface area (Å²) in [6.45, 7) is 1.80. The molecule has 0 aliphatic rings. The molecule has 2 rings (SSSR count). The Kier molecular flexibility index (Phi) is 8.28. The maximum Gasteiger partial charge on any atom is 0.362 e. The van der Waals surface area contributed by atoms with E-state index in [1.54, 1.807) is 19.1 Å². The third kappa shape index (κ3) is 7.74. The minimum Gasteiger partial charge on any atom is -0.356 e. The average Bonchev–Trinajstić information content (AvgIpc) is 2.64. The van der Waals surface area contributed by atoms with E-state index in [0.717, 1.165) is 11.1 Å². The summed E-state index contributed by atoms with van der Waals surface area (Å²) in [6.07, 6.45) is 1.83. The topological polar surface area (TPSA) is 188 Å². The molecule has 0 bridgehead atoms. The van der Waals surface area contributed by atoms with Crippen molar-refractivity contribution in [1.82, 2.24) is 0 Å². The Hall–Kier alpha value is -4.28. The molecule has 0 saturated heterocycles. The molecule has 11 heteroatoms. The zero-order chi connectivity index (χ0) is 21.1. The Morgan fingerprint density at radius 2 is 1.64 bits per heavy atom. The van der Waals surface area contributed by atoms with Crippen LogP contribution in [0.15, 0.2) is 59.7 Å². The van der Waals surface area contributed by atoms with Gasteiger partial charge in [-0.2, -0.15) is 5.10 Å². The quantitative estimate of drug-likeness (QED) is 0.221. The smallest absolute Gasteiger partial charge is 0.356 e. The molecule has 146 valence electrons. The summed E-state index contributed by atoms with van der Waals surface area (Å²) in [7, 11) is 0. The molecule has 11 nitrogen and oxygen atoms in total. The molecular weight excluding hydrogens is 368 g/mol. The van der Waals surface area contributed by atoms with Crippen LogP contribution in [0.4, 0.5) is 5.69 Å². The van der Waals surface area contributed by atoms with Crippen molar-refractivity contribution in [2.24, 2.45) is 16.6 Å².